The molecule has 4 rings (SSSR count). The van der Waals surface area contributed by atoms with Crippen molar-refractivity contribution in [1.82, 2.24) is 10.3 Å². The zero-order valence-electron chi connectivity index (χ0n) is 19.7. The summed E-state index contributed by atoms with van der Waals surface area (Å²) < 4.78 is 10.2. The lowest BCUT2D eigenvalue weighted by molar-refractivity contribution is -0.144. The third kappa shape index (κ3) is 5.41. The Balaban J connectivity index is 1.69. The van der Waals surface area contributed by atoms with Gasteiger partial charge in [-0.3, -0.25) is 4.79 Å². The SMILES string of the molecule is CC(C)(C)OC(=O)N[C@@H](Cc1ccc2[nH]c3cc4ccccc4cc3c(=O)c2c1)C(=O)OCC#N. The van der Waals surface area contributed by atoms with Crippen LogP contribution >= 0.6 is 0 Å². The molecule has 1 aromatic heterocycles. The van der Waals surface area contributed by atoms with E-state index < -0.39 is 30.3 Å². The number of esters is 1. The van der Waals surface area contributed by atoms with Gasteiger partial charge in [0.25, 0.3) is 0 Å². The molecule has 1 amide bonds. The average Bonchev–Trinajstić information content (AvgIpc) is 2.80. The summed E-state index contributed by atoms with van der Waals surface area (Å²) in [6.45, 7) is 4.68. The van der Waals surface area contributed by atoms with Gasteiger partial charge in [0.05, 0.1) is 5.52 Å². The third-order valence-electron chi connectivity index (χ3n) is 5.42. The quantitative estimate of drug-likeness (QED) is 0.330. The summed E-state index contributed by atoms with van der Waals surface area (Å²) in [6, 6.07) is 17.5. The van der Waals surface area contributed by atoms with Crippen LogP contribution in [-0.2, 0) is 20.7 Å². The molecule has 0 aliphatic rings. The number of ether oxygens (including phenoxy) is 2. The highest BCUT2D eigenvalue weighted by Gasteiger charge is 2.26. The molecular weight excluding hydrogens is 446 g/mol. The van der Waals surface area contributed by atoms with Gasteiger partial charge in [0.1, 0.15) is 17.7 Å². The minimum Gasteiger partial charge on any atom is -0.449 e. The molecule has 0 saturated heterocycles. The van der Waals surface area contributed by atoms with E-state index in [-0.39, 0.29) is 11.8 Å². The fourth-order valence-corrected chi connectivity index (χ4v) is 3.92. The predicted molar refractivity (Wildman–Crippen MR) is 133 cm³/mol. The predicted octanol–water partition coefficient (Wildman–Crippen LogP) is 4.34. The minimum absolute atomic E-state index is 0.0502. The molecule has 0 unspecified atom stereocenters. The maximum atomic E-state index is 13.3. The second-order valence-electron chi connectivity index (χ2n) is 9.25. The minimum atomic E-state index is -1.10. The summed E-state index contributed by atoms with van der Waals surface area (Å²) in [5.74, 6) is -0.767. The normalized spacial score (nSPS) is 12.3. The molecule has 0 aliphatic heterocycles. The topological polar surface area (TPSA) is 121 Å². The zero-order chi connectivity index (χ0) is 25.2. The molecule has 0 bridgehead atoms. The number of carbonyl (C=O) groups is 2. The van der Waals surface area contributed by atoms with Gasteiger partial charge in [0.15, 0.2) is 12.0 Å². The fourth-order valence-electron chi connectivity index (χ4n) is 3.92. The Morgan fingerprint density at radius 3 is 2.40 bits per heavy atom. The van der Waals surface area contributed by atoms with Gasteiger partial charge in [-0.05, 0) is 61.4 Å². The number of hydrogen-bond donors (Lipinski definition) is 2. The van der Waals surface area contributed by atoms with Gasteiger partial charge >= 0.3 is 12.1 Å². The molecule has 0 radical (unpaired) electrons. The summed E-state index contributed by atoms with van der Waals surface area (Å²) in [7, 11) is 0. The van der Waals surface area contributed by atoms with Crippen LogP contribution < -0.4 is 10.7 Å². The van der Waals surface area contributed by atoms with Crippen molar-refractivity contribution < 1.29 is 19.1 Å². The molecule has 0 saturated carbocycles. The Morgan fingerprint density at radius 1 is 1.03 bits per heavy atom. The number of benzene rings is 3. The summed E-state index contributed by atoms with van der Waals surface area (Å²) in [5, 5.41) is 14.3. The lowest BCUT2D eigenvalue weighted by Gasteiger charge is -2.23. The van der Waals surface area contributed by atoms with Crippen molar-refractivity contribution in [3.05, 3.63) is 70.4 Å². The number of aromatic nitrogens is 1. The Hall–Kier alpha value is -4.38. The Morgan fingerprint density at radius 2 is 1.71 bits per heavy atom. The Labute approximate surface area is 201 Å². The summed E-state index contributed by atoms with van der Waals surface area (Å²) in [5.41, 5.74) is 1.14. The van der Waals surface area contributed by atoms with E-state index in [1.165, 1.54) is 0 Å². The van der Waals surface area contributed by atoms with Gasteiger partial charge in [-0.15, -0.1) is 0 Å². The molecule has 0 spiro atoms. The van der Waals surface area contributed by atoms with Crippen molar-refractivity contribution in [2.24, 2.45) is 0 Å². The highest BCUT2D eigenvalue weighted by Crippen LogP contribution is 2.23. The lowest BCUT2D eigenvalue weighted by Crippen LogP contribution is -2.45. The van der Waals surface area contributed by atoms with Crippen LogP contribution in [0.25, 0.3) is 32.6 Å². The zero-order valence-corrected chi connectivity index (χ0v) is 19.7. The maximum Gasteiger partial charge on any atom is 0.408 e. The van der Waals surface area contributed by atoms with Crippen LogP contribution in [0.1, 0.15) is 26.3 Å². The molecule has 1 atom stereocenters. The molecule has 178 valence electrons. The Kier molecular flexibility index (Phi) is 6.43. The van der Waals surface area contributed by atoms with Crippen LogP contribution in [-0.4, -0.2) is 35.3 Å². The largest absolute Gasteiger partial charge is 0.449 e. The number of nitriles is 1. The van der Waals surface area contributed by atoms with Gasteiger partial charge in [-0.25, -0.2) is 9.59 Å². The number of H-pyrrole nitrogens is 1. The van der Waals surface area contributed by atoms with Crippen LogP contribution in [0.2, 0.25) is 0 Å². The van der Waals surface area contributed by atoms with Crippen molar-refractivity contribution in [2.45, 2.75) is 38.8 Å². The van der Waals surface area contributed by atoms with E-state index in [9.17, 15) is 14.4 Å². The average molecular weight is 472 g/mol. The molecule has 3 aromatic carbocycles. The van der Waals surface area contributed by atoms with Crippen molar-refractivity contribution in [2.75, 3.05) is 6.61 Å². The van der Waals surface area contributed by atoms with E-state index in [0.717, 1.165) is 16.3 Å². The van der Waals surface area contributed by atoms with E-state index >= 15 is 0 Å². The maximum absolute atomic E-state index is 13.3. The number of rotatable bonds is 5. The second-order valence-corrected chi connectivity index (χ2v) is 9.25. The first-order chi connectivity index (χ1) is 16.6. The summed E-state index contributed by atoms with van der Waals surface area (Å²) >= 11 is 0. The van der Waals surface area contributed by atoms with Gasteiger partial charge in [0.2, 0.25) is 0 Å². The smallest absolute Gasteiger partial charge is 0.408 e. The van der Waals surface area contributed by atoms with Gasteiger partial charge in [-0.1, -0.05) is 30.3 Å². The molecule has 0 fully saturated rings. The molecule has 0 aliphatic carbocycles. The van der Waals surface area contributed by atoms with Crippen LogP contribution in [0.3, 0.4) is 0 Å². The van der Waals surface area contributed by atoms with Gasteiger partial charge in [0, 0.05) is 22.7 Å². The van der Waals surface area contributed by atoms with E-state index in [1.54, 1.807) is 45.0 Å². The molecule has 8 nitrogen and oxygen atoms in total. The third-order valence-corrected chi connectivity index (χ3v) is 5.42. The standard InChI is InChI=1S/C27H25N3O5/c1-27(2,3)35-26(33)30-23(25(32)34-11-10-28)13-16-8-9-21-19(12-16)24(31)20-14-17-6-4-5-7-18(17)15-22(20)29-21/h4-9,12,14-15,23H,11,13H2,1-3H3,(H,29,31)(H,30,33)/t23-/m0/s1. The number of amides is 1. The number of hydrogen-bond acceptors (Lipinski definition) is 6. The number of nitrogens with one attached hydrogen (secondary N) is 2. The first-order valence-corrected chi connectivity index (χ1v) is 11.1. The van der Waals surface area contributed by atoms with E-state index in [2.05, 4.69) is 10.3 Å². The molecular formula is C27H25N3O5. The van der Waals surface area contributed by atoms with E-state index in [4.69, 9.17) is 14.7 Å². The number of pyridine rings is 1. The number of nitrogens with zero attached hydrogens (tertiary/aromatic N) is 1. The number of aromatic amines is 1. The van der Waals surface area contributed by atoms with Crippen LogP contribution in [0.4, 0.5) is 4.79 Å². The molecule has 8 heteroatoms. The first kappa shape index (κ1) is 23.8. The van der Waals surface area contributed by atoms with E-state index in [0.29, 0.717) is 21.9 Å². The molecule has 4 aromatic rings. The van der Waals surface area contributed by atoms with Crippen LogP contribution in [0, 0.1) is 11.3 Å². The van der Waals surface area contributed by atoms with Crippen molar-refractivity contribution in [3.8, 4) is 6.07 Å². The fraction of sp³-hybridized carbons (Fsp3) is 0.259. The first-order valence-electron chi connectivity index (χ1n) is 11.1. The number of fused-ring (bicyclic) bond motifs is 3. The summed E-state index contributed by atoms with van der Waals surface area (Å²) in [4.78, 5) is 41.5. The highest BCUT2D eigenvalue weighted by molar-refractivity contribution is 6.01. The van der Waals surface area contributed by atoms with Gasteiger partial charge in [-0.2, -0.15) is 5.26 Å². The Bertz CT molecular complexity index is 1540. The van der Waals surface area contributed by atoms with Gasteiger partial charge < -0.3 is 19.8 Å². The molecule has 2 N–H and O–H groups in total. The lowest BCUT2D eigenvalue weighted by atomic mass is 10.0. The number of alkyl carbamates (subject to hydrolysis) is 1. The number of carbonyl (C=O) groups excluding carboxylic acids is 2. The van der Waals surface area contributed by atoms with Crippen molar-refractivity contribution >= 4 is 44.6 Å². The second kappa shape index (κ2) is 9.47. The van der Waals surface area contributed by atoms with Crippen molar-refractivity contribution in [3.63, 3.8) is 0 Å². The highest BCUT2D eigenvalue weighted by atomic mass is 16.6. The molecule has 35 heavy (non-hydrogen) atoms. The summed E-state index contributed by atoms with van der Waals surface area (Å²) in [6.07, 6.45) is -0.734. The van der Waals surface area contributed by atoms with Crippen LogP contribution in [0.5, 0.6) is 0 Å². The van der Waals surface area contributed by atoms with Crippen LogP contribution in [0.15, 0.2) is 59.4 Å². The van der Waals surface area contributed by atoms with E-state index in [1.807, 2.05) is 36.4 Å². The molecule has 1 heterocycles. The van der Waals surface area contributed by atoms with Crippen molar-refractivity contribution in [1.29, 1.82) is 5.26 Å². The monoisotopic (exact) mass is 471 g/mol.